The molecule has 0 N–H and O–H groups in total. The Morgan fingerprint density at radius 3 is 1.64 bits per heavy atom. The van der Waals surface area contributed by atoms with E-state index in [-0.39, 0.29) is 0 Å². The summed E-state index contributed by atoms with van der Waals surface area (Å²) in [6.45, 7) is 0. The topological polar surface area (TPSA) is 25.6 Å². The summed E-state index contributed by atoms with van der Waals surface area (Å²) in [6, 6.07) is 79.1. The van der Waals surface area contributed by atoms with E-state index >= 15 is 0 Å². The molecular formula is C55H36NO2Si. The molecule has 0 amide bonds. The van der Waals surface area contributed by atoms with Crippen LogP contribution in [-0.2, 0) is 5.41 Å². The molecule has 10 aromatic rings. The molecule has 0 saturated carbocycles. The monoisotopic (exact) mass is 770 g/mol. The molecule has 2 aliphatic heterocycles. The van der Waals surface area contributed by atoms with E-state index in [9.17, 15) is 0 Å². The maximum atomic E-state index is 6.75. The van der Waals surface area contributed by atoms with Crippen LogP contribution in [0.15, 0.2) is 223 Å². The second kappa shape index (κ2) is 13.3. The second-order valence-electron chi connectivity index (χ2n) is 15.4. The van der Waals surface area contributed by atoms with Gasteiger partial charge in [-0.3, -0.25) is 0 Å². The smallest absolute Gasteiger partial charge is 0.155 e. The number of fused-ring (bicyclic) bond motifs is 11. The van der Waals surface area contributed by atoms with Crippen molar-refractivity contribution in [3.05, 3.63) is 241 Å². The average molecular weight is 771 g/mol. The van der Waals surface area contributed by atoms with Crippen LogP contribution in [-0.4, -0.2) is 8.80 Å². The Labute approximate surface area is 344 Å². The lowest BCUT2D eigenvalue weighted by molar-refractivity contribution is 0.435. The van der Waals surface area contributed by atoms with Crippen LogP contribution in [0.3, 0.4) is 0 Å². The zero-order chi connectivity index (χ0) is 38.9. The van der Waals surface area contributed by atoms with Crippen LogP contribution in [0.2, 0.25) is 0 Å². The normalized spacial score (nSPS) is 13.6. The SMILES string of the molecule is c1ccc(-c2ccc3c(c2)oc2cc(N(c4ccccc4)c4ccc5c(c4)C4(c6ccccc6Oc6ccccc64)c4ccccc4[Si]5c4ccccc4)ccc23)cc1. The molecule has 0 aliphatic carbocycles. The summed E-state index contributed by atoms with van der Waals surface area (Å²) in [6.07, 6.45) is 0. The van der Waals surface area contributed by atoms with Crippen molar-refractivity contribution < 1.29 is 9.15 Å². The summed E-state index contributed by atoms with van der Waals surface area (Å²) in [7, 11) is -1.43. The van der Waals surface area contributed by atoms with Gasteiger partial charge in [0.1, 0.15) is 22.7 Å². The van der Waals surface area contributed by atoms with Crippen LogP contribution in [0.4, 0.5) is 17.1 Å². The van der Waals surface area contributed by atoms with Crippen LogP contribution in [0, 0.1) is 0 Å². The number of nitrogens with zero attached hydrogens (tertiary/aromatic N) is 1. The van der Waals surface area contributed by atoms with Gasteiger partial charge in [0.25, 0.3) is 0 Å². The lowest BCUT2D eigenvalue weighted by Crippen LogP contribution is -2.62. The quantitative estimate of drug-likeness (QED) is 0.163. The lowest BCUT2D eigenvalue weighted by atomic mass is 9.63. The minimum Gasteiger partial charge on any atom is -0.457 e. The Hall–Kier alpha value is -7.40. The molecule has 2 aliphatic rings. The summed E-state index contributed by atoms with van der Waals surface area (Å²) in [5, 5.41) is 6.36. The summed E-state index contributed by atoms with van der Waals surface area (Å²) >= 11 is 0. The molecule has 1 radical (unpaired) electrons. The van der Waals surface area contributed by atoms with E-state index < -0.39 is 14.2 Å². The number of anilines is 3. The van der Waals surface area contributed by atoms with E-state index in [0.29, 0.717) is 0 Å². The molecule has 4 heteroatoms. The predicted molar refractivity (Wildman–Crippen MR) is 243 cm³/mol. The van der Waals surface area contributed by atoms with Gasteiger partial charge in [-0.25, -0.2) is 0 Å². The minimum atomic E-state index is -1.43. The van der Waals surface area contributed by atoms with Crippen molar-refractivity contribution in [3.63, 3.8) is 0 Å². The molecule has 0 saturated heterocycles. The van der Waals surface area contributed by atoms with Gasteiger partial charge in [-0.15, -0.1) is 0 Å². The fourth-order valence-corrected chi connectivity index (χ4v) is 12.8. The minimum absolute atomic E-state index is 0.627. The number of para-hydroxylation sites is 3. The molecule has 3 nitrogen and oxygen atoms in total. The molecule has 1 spiro atoms. The van der Waals surface area contributed by atoms with Gasteiger partial charge in [0.15, 0.2) is 8.80 Å². The zero-order valence-corrected chi connectivity index (χ0v) is 33.0. The standard InChI is InChI=1S/C55H36NO2Si/c1-4-16-37(17-5-1)38-28-31-43-44-32-29-41(36-52(44)58-51(43)34-38)56(39-18-6-2-7-19-39)40-30-33-54-48(35-40)55(45-22-10-13-25-49(45)57-50-26-14-11-23-46(50)55)47-24-12-15-27-53(47)59(54)42-20-8-3-9-21-42/h1-36H. The fourth-order valence-electron chi connectivity index (χ4n) is 9.75. The Bertz CT molecular complexity index is 3170. The molecule has 0 fully saturated rings. The number of rotatable bonds is 5. The molecular weight excluding hydrogens is 735 g/mol. The molecule has 1 aromatic heterocycles. The van der Waals surface area contributed by atoms with Crippen molar-refractivity contribution in [3.8, 4) is 22.6 Å². The maximum absolute atomic E-state index is 6.75. The Balaban J connectivity index is 1.12. The first-order valence-corrected chi connectivity index (χ1v) is 21.7. The Morgan fingerprint density at radius 1 is 0.373 bits per heavy atom. The molecule has 0 atom stereocenters. The van der Waals surface area contributed by atoms with E-state index in [1.807, 2.05) is 0 Å². The first-order valence-electron chi connectivity index (χ1n) is 20.2. The van der Waals surface area contributed by atoms with Crippen molar-refractivity contribution in [2.45, 2.75) is 5.41 Å². The van der Waals surface area contributed by atoms with E-state index in [0.717, 1.165) is 67.2 Å². The van der Waals surface area contributed by atoms with Gasteiger partial charge < -0.3 is 14.1 Å². The third kappa shape index (κ3) is 5.13. The fraction of sp³-hybridized carbons (Fsp3) is 0.0182. The zero-order valence-electron chi connectivity index (χ0n) is 32.0. The van der Waals surface area contributed by atoms with Crippen molar-refractivity contribution in [1.82, 2.24) is 0 Å². The largest absolute Gasteiger partial charge is 0.457 e. The number of hydrogen-bond donors (Lipinski definition) is 0. The molecule has 3 heterocycles. The highest BCUT2D eigenvalue weighted by Gasteiger charge is 2.51. The number of furan rings is 1. The third-order valence-electron chi connectivity index (χ3n) is 12.2. The van der Waals surface area contributed by atoms with Gasteiger partial charge in [0, 0.05) is 45.0 Å². The Morgan fingerprint density at radius 2 is 0.915 bits per heavy atom. The van der Waals surface area contributed by atoms with Gasteiger partial charge in [-0.05, 0) is 93.3 Å². The molecule has 277 valence electrons. The highest BCUT2D eigenvalue weighted by Crippen LogP contribution is 2.56. The Kier molecular flexibility index (Phi) is 7.62. The van der Waals surface area contributed by atoms with Gasteiger partial charge in [-0.2, -0.15) is 0 Å². The second-order valence-corrected chi connectivity index (χ2v) is 17.8. The van der Waals surface area contributed by atoms with Crippen LogP contribution >= 0.6 is 0 Å². The first-order chi connectivity index (χ1) is 29.3. The summed E-state index contributed by atoms with van der Waals surface area (Å²) in [5.74, 6) is 1.77. The molecule has 0 unspecified atom stereocenters. The predicted octanol–water partition coefficient (Wildman–Crippen LogP) is 12.0. The van der Waals surface area contributed by atoms with E-state index in [1.165, 1.54) is 32.3 Å². The van der Waals surface area contributed by atoms with E-state index in [4.69, 9.17) is 9.15 Å². The van der Waals surface area contributed by atoms with E-state index in [1.54, 1.807) is 0 Å². The van der Waals surface area contributed by atoms with Crippen LogP contribution in [0.25, 0.3) is 33.1 Å². The third-order valence-corrected chi connectivity index (χ3v) is 15.1. The first kappa shape index (κ1) is 33.7. The lowest BCUT2D eigenvalue weighted by Gasteiger charge is -2.47. The number of ether oxygens (including phenoxy) is 1. The van der Waals surface area contributed by atoms with Crippen LogP contribution in [0.5, 0.6) is 11.5 Å². The van der Waals surface area contributed by atoms with Gasteiger partial charge >= 0.3 is 0 Å². The van der Waals surface area contributed by atoms with Crippen molar-refractivity contribution in [2.75, 3.05) is 4.90 Å². The number of hydrogen-bond acceptors (Lipinski definition) is 3. The van der Waals surface area contributed by atoms with Crippen LogP contribution < -0.4 is 25.2 Å². The van der Waals surface area contributed by atoms with Crippen LogP contribution in [0.1, 0.15) is 22.3 Å². The molecule has 0 bridgehead atoms. The highest BCUT2D eigenvalue weighted by molar-refractivity contribution is 6.96. The average Bonchev–Trinajstić information content (AvgIpc) is 3.67. The van der Waals surface area contributed by atoms with E-state index in [2.05, 4.69) is 223 Å². The van der Waals surface area contributed by atoms with Gasteiger partial charge in [-0.1, -0.05) is 157 Å². The van der Waals surface area contributed by atoms with Crippen molar-refractivity contribution in [1.29, 1.82) is 0 Å². The summed E-state index contributed by atoms with van der Waals surface area (Å²) in [5.41, 5.74) is 11.5. The summed E-state index contributed by atoms with van der Waals surface area (Å²) < 4.78 is 13.5. The maximum Gasteiger partial charge on any atom is 0.155 e. The molecule has 12 rings (SSSR count). The molecule has 59 heavy (non-hydrogen) atoms. The van der Waals surface area contributed by atoms with Crippen molar-refractivity contribution in [2.24, 2.45) is 0 Å². The van der Waals surface area contributed by atoms with Gasteiger partial charge in [0.2, 0.25) is 0 Å². The van der Waals surface area contributed by atoms with Gasteiger partial charge in [0.05, 0.1) is 5.41 Å². The molecule has 9 aromatic carbocycles. The summed E-state index contributed by atoms with van der Waals surface area (Å²) in [4.78, 5) is 2.38. The number of benzene rings is 9. The highest BCUT2D eigenvalue weighted by atomic mass is 28.3. The van der Waals surface area contributed by atoms with Crippen molar-refractivity contribution >= 4 is 63.4 Å².